The third kappa shape index (κ3) is 4.51. The molecule has 1 aromatic rings. The van der Waals surface area contributed by atoms with Crippen molar-refractivity contribution in [2.75, 3.05) is 13.7 Å². The Morgan fingerprint density at radius 2 is 2.25 bits per heavy atom. The van der Waals surface area contributed by atoms with Crippen molar-refractivity contribution >= 4 is 15.9 Å². The van der Waals surface area contributed by atoms with E-state index in [1.807, 2.05) is 12.1 Å². The number of phenols is 1. The molecule has 1 atom stereocenters. The first-order valence-corrected chi connectivity index (χ1v) is 6.12. The summed E-state index contributed by atoms with van der Waals surface area (Å²) in [6.07, 6.45) is 0.964. The molecule has 0 heterocycles. The molecule has 0 aromatic heterocycles. The number of rotatable bonds is 6. The van der Waals surface area contributed by atoms with Crippen molar-refractivity contribution in [1.82, 2.24) is 5.32 Å². The molecular formula is C12H18BrNO2. The fourth-order valence-corrected chi connectivity index (χ4v) is 1.79. The summed E-state index contributed by atoms with van der Waals surface area (Å²) in [5, 5.41) is 13.0. The number of phenolic OH excluding ortho intramolecular Hbond substituents is 1. The van der Waals surface area contributed by atoms with Gasteiger partial charge in [-0.2, -0.15) is 0 Å². The van der Waals surface area contributed by atoms with Crippen molar-refractivity contribution in [3.63, 3.8) is 0 Å². The number of methoxy groups -OCH3 is 1. The first-order chi connectivity index (χ1) is 7.63. The molecule has 0 saturated heterocycles. The zero-order valence-electron chi connectivity index (χ0n) is 9.66. The molecular weight excluding hydrogens is 270 g/mol. The van der Waals surface area contributed by atoms with E-state index < -0.39 is 0 Å². The van der Waals surface area contributed by atoms with Gasteiger partial charge >= 0.3 is 0 Å². The maximum absolute atomic E-state index is 9.64. The molecule has 1 rings (SSSR count). The average Bonchev–Trinajstić information content (AvgIpc) is 2.27. The van der Waals surface area contributed by atoms with Crippen molar-refractivity contribution < 1.29 is 9.84 Å². The van der Waals surface area contributed by atoms with E-state index >= 15 is 0 Å². The molecule has 16 heavy (non-hydrogen) atoms. The number of hydrogen-bond donors (Lipinski definition) is 2. The van der Waals surface area contributed by atoms with Crippen molar-refractivity contribution in [3.8, 4) is 5.75 Å². The fourth-order valence-electron chi connectivity index (χ4n) is 1.38. The summed E-state index contributed by atoms with van der Waals surface area (Å²) in [5.74, 6) is 0.328. The van der Waals surface area contributed by atoms with Gasteiger partial charge in [-0.15, -0.1) is 0 Å². The van der Waals surface area contributed by atoms with Crippen LogP contribution in [0.2, 0.25) is 0 Å². The van der Waals surface area contributed by atoms with Gasteiger partial charge in [-0.25, -0.2) is 0 Å². The van der Waals surface area contributed by atoms with E-state index in [4.69, 9.17) is 4.74 Å². The van der Waals surface area contributed by atoms with Gasteiger partial charge < -0.3 is 15.2 Å². The number of aromatic hydroxyl groups is 1. The van der Waals surface area contributed by atoms with Crippen LogP contribution in [-0.2, 0) is 11.3 Å². The van der Waals surface area contributed by atoms with Gasteiger partial charge in [-0.05, 0) is 31.5 Å². The second-order valence-corrected chi connectivity index (χ2v) is 4.75. The van der Waals surface area contributed by atoms with Crippen LogP contribution in [0.25, 0.3) is 0 Å². The Morgan fingerprint density at radius 1 is 1.50 bits per heavy atom. The minimum absolute atomic E-state index is 0.328. The maximum Gasteiger partial charge on any atom is 0.120 e. The van der Waals surface area contributed by atoms with Crippen LogP contribution < -0.4 is 5.32 Å². The Hall–Kier alpha value is -0.580. The smallest absolute Gasteiger partial charge is 0.120 e. The highest BCUT2D eigenvalue weighted by Gasteiger charge is 2.05. The van der Waals surface area contributed by atoms with Gasteiger partial charge in [0, 0.05) is 36.3 Å². The minimum atomic E-state index is 0.328. The standard InChI is InChI=1S/C12H18BrNO2/c1-9(5-6-16-2)14-8-10-7-11(13)3-4-12(10)15/h3-4,7,9,14-15H,5-6,8H2,1-2H3. The van der Waals surface area contributed by atoms with E-state index in [1.54, 1.807) is 13.2 Å². The highest BCUT2D eigenvalue weighted by atomic mass is 79.9. The van der Waals surface area contributed by atoms with Gasteiger partial charge in [0.05, 0.1) is 0 Å². The molecule has 0 fully saturated rings. The van der Waals surface area contributed by atoms with E-state index in [9.17, 15) is 5.11 Å². The van der Waals surface area contributed by atoms with Crippen LogP contribution >= 0.6 is 15.9 Å². The summed E-state index contributed by atoms with van der Waals surface area (Å²) < 4.78 is 5.99. The SMILES string of the molecule is COCCC(C)NCc1cc(Br)ccc1O. The molecule has 90 valence electrons. The average molecular weight is 288 g/mol. The summed E-state index contributed by atoms with van der Waals surface area (Å²) in [6, 6.07) is 5.82. The van der Waals surface area contributed by atoms with E-state index in [1.165, 1.54) is 0 Å². The van der Waals surface area contributed by atoms with Gasteiger partial charge in [0.2, 0.25) is 0 Å². The minimum Gasteiger partial charge on any atom is -0.508 e. The van der Waals surface area contributed by atoms with Crippen LogP contribution in [0.3, 0.4) is 0 Å². The normalized spacial score (nSPS) is 12.7. The molecule has 0 spiro atoms. The Kier molecular flexibility index (Phi) is 5.80. The lowest BCUT2D eigenvalue weighted by Crippen LogP contribution is -2.26. The van der Waals surface area contributed by atoms with Crippen molar-refractivity contribution in [2.24, 2.45) is 0 Å². The third-order valence-corrected chi connectivity index (χ3v) is 2.93. The molecule has 0 radical (unpaired) electrons. The number of benzene rings is 1. The highest BCUT2D eigenvalue weighted by molar-refractivity contribution is 9.10. The second kappa shape index (κ2) is 6.89. The molecule has 0 aliphatic heterocycles. The predicted octanol–water partition coefficient (Wildman–Crippen LogP) is 2.67. The van der Waals surface area contributed by atoms with E-state index in [-0.39, 0.29) is 0 Å². The Bertz CT molecular complexity index is 331. The van der Waals surface area contributed by atoms with Gasteiger partial charge in [0.25, 0.3) is 0 Å². The van der Waals surface area contributed by atoms with Crippen LogP contribution in [0.15, 0.2) is 22.7 Å². The molecule has 0 amide bonds. The zero-order chi connectivity index (χ0) is 12.0. The first-order valence-electron chi connectivity index (χ1n) is 5.33. The molecule has 0 aliphatic carbocycles. The number of halogens is 1. The topological polar surface area (TPSA) is 41.5 Å². The summed E-state index contributed by atoms with van der Waals surface area (Å²) in [7, 11) is 1.70. The molecule has 2 N–H and O–H groups in total. The molecule has 4 heteroatoms. The number of ether oxygens (including phenoxy) is 1. The Labute approximate surface area is 105 Å². The van der Waals surface area contributed by atoms with Crippen LogP contribution in [0.4, 0.5) is 0 Å². The lowest BCUT2D eigenvalue weighted by Gasteiger charge is -2.14. The Morgan fingerprint density at radius 3 is 2.94 bits per heavy atom. The first kappa shape index (κ1) is 13.5. The lowest BCUT2D eigenvalue weighted by molar-refractivity contribution is 0.184. The van der Waals surface area contributed by atoms with Crippen molar-refractivity contribution in [2.45, 2.75) is 25.9 Å². The summed E-state index contributed by atoms with van der Waals surface area (Å²) >= 11 is 3.39. The van der Waals surface area contributed by atoms with Gasteiger partial charge in [-0.3, -0.25) is 0 Å². The monoisotopic (exact) mass is 287 g/mol. The highest BCUT2D eigenvalue weighted by Crippen LogP contribution is 2.21. The van der Waals surface area contributed by atoms with Crippen molar-refractivity contribution in [3.05, 3.63) is 28.2 Å². The molecule has 3 nitrogen and oxygen atoms in total. The van der Waals surface area contributed by atoms with E-state index in [2.05, 4.69) is 28.2 Å². The molecule has 0 aliphatic rings. The predicted molar refractivity (Wildman–Crippen MR) is 68.6 cm³/mol. The van der Waals surface area contributed by atoms with Gasteiger partial charge in [-0.1, -0.05) is 15.9 Å². The summed E-state index contributed by atoms with van der Waals surface area (Å²) in [6.45, 7) is 3.52. The molecule has 1 unspecified atom stereocenters. The zero-order valence-corrected chi connectivity index (χ0v) is 11.3. The van der Waals surface area contributed by atoms with Crippen LogP contribution in [0.5, 0.6) is 5.75 Å². The van der Waals surface area contributed by atoms with E-state index in [0.29, 0.717) is 18.3 Å². The fraction of sp³-hybridized carbons (Fsp3) is 0.500. The number of nitrogens with one attached hydrogen (secondary N) is 1. The second-order valence-electron chi connectivity index (χ2n) is 3.84. The third-order valence-electron chi connectivity index (χ3n) is 2.44. The van der Waals surface area contributed by atoms with Crippen molar-refractivity contribution in [1.29, 1.82) is 0 Å². The summed E-state index contributed by atoms with van der Waals surface area (Å²) in [4.78, 5) is 0. The Balaban J connectivity index is 2.44. The summed E-state index contributed by atoms with van der Waals surface area (Å²) in [5.41, 5.74) is 0.902. The van der Waals surface area contributed by atoms with Crippen LogP contribution in [-0.4, -0.2) is 24.9 Å². The molecule has 0 bridgehead atoms. The lowest BCUT2D eigenvalue weighted by atomic mass is 10.2. The van der Waals surface area contributed by atoms with Crippen LogP contribution in [0, 0.1) is 0 Å². The van der Waals surface area contributed by atoms with E-state index in [0.717, 1.165) is 23.1 Å². The van der Waals surface area contributed by atoms with Crippen LogP contribution in [0.1, 0.15) is 18.9 Å². The number of hydrogen-bond acceptors (Lipinski definition) is 3. The largest absolute Gasteiger partial charge is 0.508 e. The van der Waals surface area contributed by atoms with Gasteiger partial charge in [0.15, 0.2) is 0 Å². The quantitative estimate of drug-likeness (QED) is 0.845. The van der Waals surface area contributed by atoms with Gasteiger partial charge in [0.1, 0.15) is 5.75 Å². The molecule has 0 saturated carbocycles. The maximum atomic E-state index is 9.64. The molecule has 1 aromatic carbocycles.